The largest absolute Gasteiger partial charge is 0.462 e. The van der Waals surface area contributed by atoms with Gasteiger partial charge in [-0.05, 0) is 38.1 Å². The summed E-state index contributed by atoms with van der Waals surface area (Å²) < 4.78 is 17.8. The number of aliphatic imine (C=N–C) groups is 1. The fraction of sp³-hybridized carbons (Fsp3) is 0.200. The number of nitrogens with zero attached hydrogens (tertiary/aromatic N) is 1. The highest BCUT2D eigenvalue weighted by Gasteiger charge is 2.25. The monoisotopic (exact) mass is 289 g/mol. The van der Waals surface area contributed by atoms with E-state index in [2.05, 4.69) is 22.4 Å². The van der Waals surface area contributed by atoms with Gasteiger partial charge in [-0.2, -0.15) is 0 Å². The molecule has 1 aliphatic heterocycles. The van der Waals surface area contributed by atoms with Crippen molar-refractivity contribution in [3.8, 4) is 0 Å². The SMILES string of the molecule is C=C1N=C(NNc2ccc(F)cc2)C(C)=C1C(=O)OCC. The Kier molecular flexibility index (Phi) is 4.37. The number of hydrogen-bond acceptors (Lipinski definition) is 5. The molecule has 6 heteroatoms. The summed E-state index contributed by atoms with van der Waals surface area (Å²) in [6, 6.07) is 5.84. The lowest BCUT2D eigenvalue weighted by Crippen LogP contribution is -2.29. The molecular weight excluding hydrogens is 273 g/mol. The molecule has 1 heterocycles. The third kappa shape index (κ3) is 3.28. The van der Waals surface area contributed by atoms with Crippen molar-refractivity contribution < 1.29 is 13.9 Å². The van der Waals surface area contributed by atoms with Crippen molar-refractivity contribution in [2.24, 2.45) is 4.99 Å². The second-order valence-corrected chi connectivity index (χ2v) is 4.38. The van der Waals surface area contributed by atoms with Crippen LogP contribution in [0.4, 0.5) is 10.1 Å². The van der Waals surface area contributed by atoms with Crippen molar-refractivity contribution in [2.75, 3.05) is 12.0 Å². The molecule has 0 amide bonds. The lowest BCUT2D eigenvalue weighted by atomic mass is 10.1. The van der Waals surface area contributed by atoms with Gasteiger partial charge in [0.25, 0.3) is 0 Å². The van der Waals surface area contributed by atoms with Crippen molar-refractivity contribution in [3.05, 3.63) is 53.5 Å². The number of anilines is 1. The van der Waals surface area contributed by atoms with Crippen molar-refractivity contribution in [1.29, 1.82) is 0 Å². The third-order valence-corrected chi connectivity index (χ3v) is 2.91. The molecule has 110 valence electrons. The number of hydrogen-bond donors (Lipinski definition) is 2. The van der Waals surface area contributed by atoms with Crippen LogP contribution in [0, 0.1) is 5.82 Å². The van der Waals surface area contributed by atoms with Crippen LogP contribution in [0.1, 0.15) is 13.8 Å². The van der Waals surface area contributed by atoms with E-state index in [0.717, 1.165) is 0 Å². The van der Waals surface area contributed by atoms with E-state index in [-0.39, 0.29) is 5.82 Å². The molecule has 2 N–H and O–H groups in total. The van der Waals surface area contributed by atoms with Crippen LogP contribution >= 0.6 is 0 Å². The Bertz CT molecular complexity index is 633. The van der Waals surface area contributed by atoms with Gasteiger partial charge in [-0.25, -0.2) is 14.2 Å². The van der Waals surface area contributed by atoms with Crippen LogP contribution in [-0.4, -0.2) is 18.4 Å². The maximum absolute atomic E-state index is 12.8. The fourth-order valence-electron chi connectivity index (χ4n) is 1.87. The average Bonchev–Trinajstić information content (AvgIpc) is 2.73. The molecule has 2 rings (SSSR count). The number of hydrazine groups is 1. The Morgan fingerprint density at radius 1 is 1.33 bits per heavy atom. The van der Waals surface area contributed by atoms with Gasteiger partial charge in [-0.1, -0.05) is 6.58 Å². The van der Waals surface area contributed by atoms with Crippen LogP contribution in [0.5, 0.6) is 0 Å². The highest BCUT2D eigenvalue weighted by Crippen LogP contribution is 2.24. The zero-order valence-electron chi connectivity index (χ0n) is 11.9. The van der Waals surface area contributed by atoms with Gasteiger partial charge >= 0.3 is 5.97 Å². The molecule has 0 spiro atoms. The van der Waals surface area contributed by atoms with E-state index in [0.29, 0.717) is 35.0 Å². The van der Waals surface area contributed by atoms with Crippen LogP contribution in [0.2, 0.25) is 0 Å². The Morgan fingerprint density at radius 3 is 2.62 bits per heavy atom. The smallest absolute Gasteiger partial charge is 0.340 e. The summed E-state index contributed by atoms with van der Waals surface area (Å²) in [4.78, 5) is 16.0. The predicted octanol–water partition coefficient (Wildman–Crippen LogP) is 2.55. The molecule has 1 aliphatic rings. The molecule has 0 radical (unpaired) electrons. The average molecular weight is 289 g/mol. The van der Waals surface area contributed by atoms with Crippen molar-refractivity contribution >= 4 is 17.5 Å². The van der Waals surface area contributed by atoms with E-state index in [1.807, 2.05) is 0 Å². The molecule has 1 aromatic carbocycles. The van der Waals surface area contributed by atoms with E-state index in [1.165, 1.54) is 12.1 Å². The molecule has 0 aliphatic carbocycles. The summed E-state index contributed by atoms with van der Waals surface area (Å²) >= 11 is 0. The van der Waals surface area contributed by atoms with Crippen LogP contribution in [-0.2, 0) is 9.53 Å². The molecule has 21 heavy (non-hydrogen) atoms. The summed E-state index contributed by atoms with van der Waals surface area (Å²) in [7, 11) is 0. The van der Waals surface area contributed by atoms with E-state index < -0.39 is 5.97 Å². The number of rotatable bonds is 4. The van der Waals surface area contributed by atoms with Gasteiger partial charge in [0.2, 0.25) is 0 Å². The zero-order valence-corrected chi connectivity index (χ0v) is 11.9. The number of halogens is 1. The fourth-order valence-corrected chi connectivity index (χ4v) is 1.87. The third-order valence-electron chi connectivity index (χ3n) is 2.91. The number of amidine groups is 1. The summed E-state index contributed by atoms with van der Waals surface area (Å²) in [6.45, 7) is 7.52. The van der Waals surface area contributed by atoms with E-state index >= 15 is 0 Å². The Hall–Kier alpha value is -2.63. The van der Waals surface area contributed by atoms with Gasteiger partial charge in [-0.15, -0.1) is 0 Å². The van der Waals surface area contributed by atoms with Gasteiger partial charge in [0, 0.05) is 5.57 Å². The first-order valence-electron chi connectivity index (χ1n) is 6.47. The van der Waals surface area contributed by atoms with Crippen LogP contribution in [0.25, 0.3) is 0 Å². The van der Waals surface area contributed by atoms with E-state index in [9.17, 15) is 9.18 Å². The molecular formula is C15H16FN3O2. The lowest BCUT2D eigenvalue weighted by Gasteiger charge is -2.10. The number of carbonyl (C=O) groups is 1. The van der Waals surface area contributed by atoms with Gasteiger partial charge in [0.1, 0.15) is 11.7 Å². The van der Waals surface area contributed by atoms with Crippen LogP contribution in [0.3, 0.4) is 0 Å². The van der Waals surface area contributed by atoms with Gasteiger partial charge in [0.05, 0.1) is 23.6 Å². The molecule has 0 saturated carbocycles. The maximum Gasteiger partial charge on any atom is 0.340 e. The second-order valence-electron chi connectivity index (χ2n) is 4.38. The minimum atomic E-state index is -0.442. The maximum atomic E-state index is 12.8. The molecule has 0 unspecified atom stereocenters. The summed E-state index contributed by atoms with van der Waals surface area (Å²) in [5.41, 5.74) is 7.79. The first-order chi connectivity index (χ1) is 10.0. The van der Waals surface area contributed by atoms with Gasteiger partial charge < -0.3 is 4.74 Å². The molecule has 0 bridgehead atoms. The van der Waals surface area contributed by atoms with Crippen molar-refractivity contribution in [1.82, 2.24) is 5.43 Å². The Labute approximate surface area is 122 Å². The first kappa shape index (κ1) is 14.8. The number of nitrogens with one attached hydrogen (secondary N) is 2. The Balaban J connectivity index is 2.07. The highest BCUT2D eigenvalue weighted by atomic mass is 19.1. The van der Waals surface area contributed by atoms with Crippen molar-refractivity contribution in [2.45, 2.75) is 13.8 Å². The predicted molar refractivity (Wildman–Crippen MR) is 79.1 cm³/mol. The van der Waals surface area contributed by atoms with E-state index in [1.54, 1.807) is 26.0 Å². The molecule has 0 saturated heterocycles. The molecule has 0 fully saturated rings. The quantitative estimate of drug-likeness (QED) is 0.660. The lowest BCUT2D eigenvalue weighted by molar-refractivity contribution is -0.138. The summed E-state index contributed by atoms with van der Waals surface area (Å²) in [6.07, 6.45) is 0. The minimum Gasteiger partial charge on any atom is -0.462 e. The summed E-state index contributed by atoms with van der Waals surface area (Å²) in [5.74, 6) is -0.275. The topological polar surface area (TPSA) is 62.7 Å². The van der Waals surface area contributed by atoms with E-state index in [4.69, 9.17) is 4.74 Å². The van der Waals surface area contributed by atoms with Crippen LogP contribution in [0.15, 0.2) is 52.7 Å². The standard InChI is InChI=1S/C15H16FN3O2/c1-4-21-15(20)13-9(2)14(17-10(13)3)19-18-12-7-5-11(16)6-8-12/h5-8,18H,3-4H2,1-2H3,(H,17,19). The molecule has 0 aromatic heterocycles. The molecule has 0 atom stereocenters. The number of carbonyl (C=O) groups excluding carboxylic acids is 1. The number of ether oxygens (including phenoxy) is 1. The number of esters is 1. The van der Waals surface area contributed by atoms with Gasteiger partial charge in [0.15, 0.2) is 0 Å². The second kappa shape index (κ2) is 6.21. The zero-order chi connectivity index (χ0) is 15.4. The van der Waals surface area contributed by atoms with Crippen molar-refractivity contribution in [3.63, 3.8) is 0 Å². The summed E-state index contributed by atoms with van der Waals surface area (Å²) in [5, 5.41) is 0. The molecule has 5 nitrogen and oxygen atoms in total. The first-order valence-corrected chi connectivity index (χ1v) is 6.47. The van der Waals surface area contributed by atoms with Crippen LogP contribution < -0.4 is 10.9 Å². The Morgan fingerprint density at radius 2 is 2.00 bits per heavy atom. The normalized spacial score (nSPS) is 14.0. The molecule has 1 aromatic rings. The van der Waals surface area contributed by atoms with Gasteiger partial charge in [-0.3, -0.25) is 10.9 Å². The number of benzene rings is 1. The highest BCUT2D eigenvalue weighted by molar-refractivity contribution is 6.11. The minimum absolute atomic E-state index is 0.291.